The van der Waals surface area contributed by atoms with Crippen molar-refractivity contribution in [2.45, 2.75) is 57.5 Å². The van der Waals surface area contributed by atoms with E-state index in [1.165, 1.54) is 0 Å². The van der Waals surface area contributed by atoms with Gasteiger partial charge in [0.1, 0.15) is 5.69 Å². The van der Waals surface area contributed by atoms with Crippen LogP contribution < -0.4 is 5.32 Å². The van der Waals surface area contributed by atoms with Crippen LogP contribution in [-0.4, -0.2) is 40.8 Å². The van der Waals surface area contributed by atoms with Crippen LogP contribution in [0.25, 0.3) is 11.3 Å². The Morgan fingerprint density at radius 1 is 1.04 bits per heavy atom. The molecule has 2 aliphatic rings. The smallest absolute Gasteiger partial charge is 0.267 e. The third-order valence-corrected chi connectivity index (χ3v) is 6.43. The molecule has 148 valence electrons. The number of aromatic amines is 1. The van der Waals surface area contributed by atoms with Crippen molar-refractivity contribution in [3.8, 4) is 11.3 Å². The molecule has 0 spiro atoms. The van der Waals surface area contributed by atoms with E-state index in [0.717, 1.165) is 49.8 Å². The normalized spacial score (nSPS) is 23.1. The van der Waals surface area contributed by atoms with Crippen LogP contribution >= 0.6 is 0 Å². The SMILES string of the molecule is CN(C(=O)C1(C)CC1)C1CCC(NC(=O)c2ccc(-c3ccccc3)[nH]2)CC1. The summed E-state index contributed by atoms with van der Waals surface area (Å²) in [6.07, 6.45) is 5.76. The van der Waals surface area contributed by atoms with Crippen molar-refractivity contribution in [2.24, 2.45) is 5.41 Å². The molecule has 2 aromatic rings. The Labute approximate surface area is 166 Å². The van der Waals surface area contributed by atoms with Gasteiger partial charge in [0.15, 0.2) is 0 Å². The van der Waals surface area contributed by atoms with E-state index in [4.69, 9.17) is 0 Å². The number of hydrogen-bond acceptors (Lipinski definition) is 2. The lowest BCUT2D eigenvalue weighted by Gasteiger charge is -2.36. The fraction of sp³-hybridized carbons (Fsp3) is 0.478. The second-order valence-corrected chi connectivity index (χ2v) is 8.61. The van der Waals surface area contributed by atoms with E-state index in [-0.39, 0.29) is 17.4 Å². The first kappa shape index (κ1) is 18.8. The first-order chi connectivity index (χ1) is 13.5. The average molecular weight is 380 g/mol. The van der Waals surface area contributed by atoms with Gasteiger partial charge in [0.05, 0.1) is 0 Å². The van der Waals surface area contributed by atoms with Crippen molar-refractivity contribution in [2.75, 3.05) is 7.05 Å². The van der Waals surface area contributed by atoms with Crippen LogP contribution in [0.5, 0.6) is 0 Å². The summed E-state index contributed by atoms with van der Waals surface area (Å²) >= 11 is 0. The van der Waals surface area contributed by atoms with Crippen molar-refractivity contribution in [3.05, 3.63) is 48.2 Å². The predicted molar refractivity (Wildman–Crippen MR) is 110 cm³/mol. The van der Waals surface area contributed by atoms with E-state index in [0.29, 0.717) is 17.6 Å². The number of amides is 2. The number of benzene rings is 1. The third kappa shape index (κ3) is 3.84. The molecular weight excluding hydrogens is 350 g/mol. The Morgan fingerprint density at radius 3 is 2.36 bits per heavy atom. The Balaban J connectivity index is 1.30. The molecule has 28 heavy (non-hydrogen) atoms. The lowest BCUT2D eigenvalue weighted by molar-refractivity contribution is -0.137. The van der Waals surface area contributed by atoms with Gasteiger partial charge in [-0.2, -0.15) is 0 Å². The minimum atomic E-state index is -0.107. The van der Waals surface area contributed by atoms with Gasteiger partial charge in [-0.05, 0) is 56.2 Å². The van der Waals surface area contributed by atoms with Gasteiger partial charge in [0, 0.05) is 30.2 Å². The lowest BCUT2D eigenvalue weighted by Crippen LogP contribution is -2.46. The molecule has 0 unspecified atom stereocenters. The predicted octanol–water partition coefficient (Wildman–Crippen LogP) is 3.98. The summed E-state index contributed by atoms with van der Waals surface area (Å²) in [5.41, 5.74) is 2.50. The first-order valence-electron chi connectivity index (χ1n) is 10.3. The Hall–Kier alpha value is -2.56. The maximum Gasteiger partial charge on any atom is 0.267 e. The molecule has 1 aromatic carbocycles. The molecule has 1 heterocycles. The molecule has 2 N–H and O–H groups in total. The van der Waals surface area contributed by atoms with E-state index < -0.39 is 0 Å². The second-order valence-electron chi connectivity index (χ2n) is 8.61. The number of carbonyl (C=O) groups is 2. The molecule has 2 fully saturated rings. The van der Waals surface area contributed by atoms with Gasteiger partial charge in [-0.3, -0.25) is 9.59 Å². The van der Waals surface area contributed by atoms with E-state index >= 15 is 0 Å². The molecule has 0 atom stereocenters. The fourth-order valence-electron chi connectivity index (χ4n) is 4.18. The standard InChI is InChI=1S/C23H29N3O2/c1-23(14-15-23)22(28)26(2)18-10-8-17(9-11-18)24-21(27)20-13-12-19(25-20)16-6-4-3-5-7-16/h3-7,12-13,17-18,25H,8-11,14-15H2,1-2H3,(H,24,27). The summed E-state index contributed by atoms with van der Waals surface area (Å²) in [5.74, 6) is 0.236. The van der Waals surface area contributed by atoms with Crippen LogP contribution in [0.3, 0.4) is 0 Å². The Bertz CT molecular complexity index is 846. The van der Waals surface area contributed by atoms with Gasteiger partial charge in [-0.15, -0.1) is 0 Å². The number of nitrogens with one attached hydrogen (secondary N) is 2. The van der Waals surface area contributed by atoms with Crippen molar-refractivity contribution >= 4 is 11.8 Å². The maximum atomic E-state index is 12.6. The van der Waals surface area contributed by atoms with Crippen LogP contribution in [0.4, 0.5) is 0 Å². The van der Waals surface area contributed by atoms with E-state index in [2.05, 4.69) is 17.2 Å². The number of H-pyrrole nitrogens is 1. The minimum Gasteiger partial charge on any atom is -0.351 e. The first-order valence-corrected chi connectivity index (χ1v) is 10.3. The van der Waals surface area contributed by atoms with Gasteiger partial charge in [0.25, 0.3) is 5.91 Å². The molecule has 1 aromatic heterocycles. The van der Waals surface area contributed by atoms with Crippen LogP contribution in [0.2, 0.25) is 0 Å². The topological polar surface area (TPSA) is 65.2 Å². The van der Waals surface area contributed by atoms with Crippen LogP contribution in [0.1, 0.15) is 55.9 Å². The average Bonchev–Trinajstić information content (AvgIpc) is 3.28. The molecule has 2 saturated carbocycles. The molecule has 4 rings (SSSR count). The van der Waals surface area contributed by atoms with Crippen LogP contribution in [0.15, 0.2) is 42.5 Å². The molecule has 0 radical (unpaired) electrons. The zero-order valence-corrected chi connectivity index (χ0v) is 16.7. The van der Waals surface area contributed by atoms with Crippen molar-refractivity contribution in [3.63, 3.8) is 0 Å². The van der Waals surface area contributed by atoms with Crippen molar-refractivity contribution in [1.82, 2.24) is 15.2 Å². The summed E-state index contributed by atoms with van der Waals surface area (Å²) in [4.78, 5) is 30.3. The van der Waals surface area contributed by atoms with Gasteiger partial charge in [-0.25, -0.2) is 0 Å². The quantitative estimate of drug-likeness (QED) is 0.825. The van der Waals surface area contributed by atoms with E-state index in [1.54, 1.807) is 0 Å². The van der Waals surface area contributed by atoms with E-state index in [1.807, 2.05) is 54.4 Å². The van der Waals surface area contributed by atoms with Crippen LogP contribution in [-0.2, 0) is 4.79 Å². The number of nitrogens with zero attached hydrogens (tertiary/aromatic N) is 1. The molecule has 0 bridgehead atoms. The summed E-state index contributed by atoms with van der Waals surface area (Å²) in [6, 6.07) is 14.3. The van der Waals surface area contributed by atoms with Gasteiger partial charge < -0.3 is 15.2 Å². The van der Waals surface area contributed by atoms with Gasteiger partial charge in [0.2, 0.25) is 5.91 Å². The summed E-state index contributed by atoms with van der Waals surface area (Å²) < 4.78 is 0. The number of carbonyl (C=O) groups excluding carboxylic acids is 2. The zero-order valence-electron chi connectivity index (χ0n) is 16.7. The minimum absolute atomic E-state index is 0.0550. The molecule has 0 aliphatic heterocycles. The highest BCUT2D eigenvalue weighted by Gasteiger charge is 2.47. The highest BCUT2D eigenvalue weighted by molar-refractivity contribution is 5.93. The molecule has 5 heteroatoms. The summed E-state index contributed by atoms with van der Waals surface area (Å²) in [7, 11) is 1.94. The molecular formula is C23H29N3O2. The molecule has 5 nitrogen and oxygen atoms in total. The maximum absolute atomic E-state index is 12.6. The summed E-state index contributed by atoms with van der Waals surface area (Å²) in [5, 5.41) is 3.16. The van der Waals surface area contributed by atoms with Gasteiger partial charge >= 0.3 is 0 Å². The van der Waals surface area contributed by atoms with Crippen molar-refractivity contribution < 1.29 is 9.59 Å². The number of hydrogen-bond donors (Lipinski definition) is 2. The van der Waals surface area contributed by atoms with Crippen LogP contribution in [0, 0.1) is 5.41 Å². The highest BCUT2D eigenvalue weighted by atomic mass is 16.2. The van der Waals surface area contributed by atoms with E-state index in [9.17, 15) is 9.59 Å². The Morgan fingerprint density at radius 2 is 1.71 bits per heavy atom. The molecule has 2 aliphatic carbocycles. The monoisotopic (exact) mass is 379 g/mol. The zero-order chi connectivity index (χ0) is 19.7. The second kappa shape index (κ2) is 7.46. The van der Waals surface area contributed by atoms with Gasteiger partial charge in [-0.1, -0.05) is 37.3 Å². The molecule has 2 amide bonds. The third-order valence-electron chi connectivity index (χ3n) is 6.43. The number of rotatable bonds is 5. The fourth-order valence-corrected chi connectivity index (χ4v) is 4.18. The summed E-state index contributed by atoms with van der Waals surface area (Å²) in [6.45, 7) is 2.07. The molecule has 0 saturated heterocycles. The Kier molecular flexibility index (Phi) is 5.00. The lowest BCUT2D eigenvalue weighted by atomic mass is 9.89. The highest BCUT2D eigenvalue weighted by Crippen LogP contribution is 2.47. The van der Waals surface area contributed by atoms with Crippen molar-refractivity contribution in [1.29, 1.82) is 0 Å². The largest absolute Gasteiger partial charge is 0.351 e. The number of aromatic nitrogens is 1.